The van der Waals surface area contributed by atoms with Crippen LogP contribution in [0.1, 0.15) is 23.7 Å². The maximum atomic E-state index is 12.3. The number of hydrogen-bond acceptors (Lipinski definition) is 6. The zero-order chi connectivity index (χ0) is 19.5. The van der Waals surface area contributed by atoms with Gasteiger partial charge in [-0.05, 0) is 19.1 Å². The fourth-order valence-electron chi connectivity index (χ4n) is 3.06. The number of benzene rings is 1. The van der Waals surface area contributed by atoms with E-state index in [2.05, 4.69) is 20.3 Å². The van der Waals surface area contributed by atoms with Crippen molar-refractivity contribution >= 4 is 28.6 Å². The standard InChI is InChI=1S/C20H18N4O4/c1-2-28-20(26)15-9-21-18-16(15)17(22-11-23-18)12-4-3-5-14(8-12)24-19(25)13-6-7-27-10-13/h3-5,8-11H,2,6-7H2,1H3,(H,24,25)(H,21,22,23). The Balaban J connectivity index is 1.71. The number of rotatable bonds is 5. The number of H-pyrrole nitrogens is 1. The molecule has 0 radical (unpaired) electrons. The van der Waals surface area contributed by atoms with Crippen molar-refractivity contribution < 1.29 is 19.1 Å². The Morgan fingerprint density at radius 1 is 1.32 bits per heavy atom. The highest BCUT2D eigenvalue weighted by atomic mass is 16.5. The number of ether oxygens (including phenoxy) is 2. The summed E-state index contributed by atoms with van der Waals surface area (Å²) >= 11 is 0. The van der Waals surface area contributed by atoms with Crippen molar-refractivity contribution in [3.05, 3.63) is 54.2 Å². The van der Waals surface area contributed by atoms with Gasteiger partial charge in [0.15, 0.2) is 0 Å². The van der Waals surface area contributed by atoms with Gasteiger partial charge in [-0.3, -0.25) is 4.79 Å². The average Bonchev–Trinajstić information content (AvgIpc) is 3.38. The van der Waals surface area contributed by atoms with Gasteiger partial charge in [-0.15, -0.1) is 0 Å². The first-order valence-electron chi connectivity index (χ1n) is 8.89. The average molecular weight is 378 g/mol. The summed E-state index contributed by atoms with van der Waals surface area (Å²) in [7, 11) is 0. The van der Waals surface area contributed by atoms with Gasteiger partial charge in [-0.2, -0.15) is 0 Å². The Labute approximate surface area is 160 Å². The molecule has 4 rings (SSSR count). The van der Waals surface area contributed by atoms with Crippen LogP contribution in [0.3, 0.4) is 0 Å². The molecule has 8 heteroatoms. The second-order valence-corrected chi connectivity index (χ2v) is 6.17. The van der Waals surface area contributed by atoms with Crippen molar-refractivity contribution in [1.29, 1.82) is 0 Å². The van der Waals surface area contributed by atoms with Gasteiger partial charge in [0.05, 0.1) is 41.7 Å². The van der Waals surface area contributed by atoms with Crippen molar-refractivity contribution in [2.24, 2.45) is 0 Å². The van der Waals surface area contributed by atoms with E-state index in [1.807, 2.05) is 12.1 Å². The van der Waals surface area contributed by atoms with E-state index in [1.165, 1.54) is 12.6 Å². The van der Waals surface area contributed by atoms with Crippen molar-refractivity contribution in [2.75, 3.05) is 18.5 Å². The molecular weight excluding hydrogens is 360 g/mol. The number of nitrogens with zero attached hydrogens (tertiary/aromatic N) is 2. The van der Waals surface area contributed by atoms with Gasteiger partial charge < -0.3 is 19.8 Å². The first-order valence-corrected chi connectivity index (χ1v) is 8.89. The minimum absolute atomic E-state index is 0.198. The lowest BCUT2D eigenvalue weighted by Crippen LogP contribution is -2.13. The topological polar surface area (TPSA) is 106 Å². The number of amides is 1. The van der Waals surface area contributed by atoms with Crippen LogP contribution >= 0.6 is 0 Å². The molecule has 0 saturated carbocycles. The first-order chi connectivity index (χ1) is 13.7. The molecule has 8 nitrogen and oxygen atoms in total. The van der Waals surface area contributed by atoms with Crippen molar-refractivity contribution in [1.82, 2.24) is 15.0 Å². The number of carbonyl (C=O) groups excluding carboxylic acids is 2. The molecule has 1 aromatic carbocycles. The lowest BCUT2D eigenvalue weighted by atomic mass is 10.1. The number of aromatic amines is 1. The summed E-state index contributed by atoms with van der Waals surface area (Å²) in [5.41, 5.74) is 3.45. The largest absolute Gasteiger partial charge is 0.500 e. The van der Waals surface area contributed by atoms with Gasteiger partial charge in [0.2, 0.25) is 0 Å². The smallest absolute Gasteiger partial charge is 0.340 e. The van der Waals surface area contributed by atoms with E-state index in [0.29, 0.717) is 46.6 Å². The van der Waals surface area contributed by atoms with Crippen LogP contribution in [-0.2, 0) is 14.3 Å². The Hall–Kier alpha value is -3.68. The third-order valence-electron chi connectivity index (χ3n) is 4.37. The molecule has 1 aliphatic heterocycles. The molecule has 142 valence electrons. The highest BCUT2D eigenvalue weighted by Crippen LogP contribution is 2.30. The zero-order valence-corrected chi connectivity index (χ0v) is 15.2. The normalized spacial score (nSPS) is 13.1. The van der Waals surface area contributed by atoms with Crippen molar-refractivity contribution in [3.63, 3.8) is 0 Å². The van der Waals surface area contributed by atoms with E-state index in [4.69, 9.17) is 9.47 Å². The van der Waals surface area contributed by atoms with Crippen LogP contribution in [0.15, 0.2) is 48.6 Å². The minimum atomic E-state index is -0.442. The number of hydrogen-bond donors (Lipinski definition) is 2. The Bertz CT molecular complexity index is 1090. The van der Waals surface area contributed by atoms with Crippen LogP contribution in [0.25, 0.3) is 22.3 Å². The molecule has 1 aliphatic rings. The highest BCUT2D eigenvalue weighted by molar-refractivity contribution is 6.08. The van der Waals surface area contributed by atoms with Crippen LogP contribution in [-0.4, -0.2) is 40.0 Å². The maximum Gasteiger partial charge on any atom is 0.340 e. The fourth-order valence-corrected chi connectivity index (χ4v) is 3.06. The molecule has 2 N–H and O–H groups in total. The van der Waals surface area contributed by atoms with E-state index in [9.17, 15) is 9.59 Å². The number of aromatic nitrogens is 3. The summed E-state index contributed by atoms with van der Waals surface area (Å²) in [6, 6.07) is 7.27. The molecule has 0 saturated heterocycles. The van der Waals surface area contributed by atoms with Crippen LogP contribution < -0.4 is 5.32 Å². The van der Waals surface area contributed by atoms with E-state index in [1.54, 1.807) is 25.3 Å². The van der Waals surface area contributed by atoms with Crippen LogP contribution in [0.2, 0.25) is 0 Å². The molecule has 28 heavy (non-hydrogen) atoms. The van der Waals surface area contributed by atoms with Crippen molar-refractivity contribution in [3.8, 4) is 11.3 Å². The molecule has 1 amide bonds. The third-order valence-corrected chi connectivity index (χ3v) is 4.37. The zero-order valence-electron chi connectivity index (χ0n) is 15.2. The molecule has 0 unspecified atom stereocenters. The quantitative estimate of drug-likeness (QED) is 0.661. The Morgan fingerprint density at radius 3 is 3.00 bits per heavy atom. The summed E-state index contributed by atoms with van der Waals surface area (Å²) in [4.78, 5) is 36.1. The Morgan fingerprint density at radius 2 is 2.21 bits per heavy atom. The minimum Gasteiger partial charge on any atom is -0.500 e. The second-order valence-electron chi connectivity index (χ2n) is 6.17. The van der Waals surface area contributed by atoms with Gasteiger partial charge in [0.25, 0.3) is 5.91 Å². The summed E-state index contributed by atoms with van der Waals surface area (Å²) in [6.07, 6.45) is 5.07. The predicted molar refractivity (Wildman–Crippen MR) is 103 cm³/mol. The Kier molecular flexibility index (Phi) is 4.76. The van der Waals surface area contributed by atoms with Gasteiger partial charge in [-0.1, -0.05) is 12.1 Å². The summed E-state index contributed by atoms with van der Waals surface area (Å²) < 4.78 is 10.2. The lowest BCUT2D eigenvalue weighted by Gasteiger charge is -2.09. The van der Waals surface area contributed by atoms with Crippen LogP contribution in [0.5, 0.6) is 0 Å². The number of nitrogens with one attached hydrogen (secondary N) is 2. The number of fused-ring (bicyclic) bond motifs is 1. The van der Waals surface area contributed by atoms with E-state index < -0.39 is 5.97 Å². The van der Waals surface area contributed by atoms with Crippen molar-refractivity contribution in [2.45, 2.75) is 13.3 Å². The molecule has 2 aromatic heterocycles. The molecule has 0 fully saturated rings. The number of esters is 1. The first kappa shape index (κ1) is 17.7. The van der Waals surface area contributed by atoms with E-state index in [-0.39, 0.29) is 12.5 Å². The maximum absolute atomic E-state index is 12.3. The van der Waals surface area contributed by atoms with Gasteiger partial charge in [0, 0.05) is 23.9 Å². The van der Waals surface area contributed by atoms with Gasteiger partial charge >= 0.3 is 5.97 Å². The summed E-state index contributed by atoms with van der Waals surface area (Å²) in [6.45, 7) is 2.54. The fraction of sp³-hybridized carbons (Fsp3) is 0.200. The van der Waals surface area contributed by atoms with E-state index in [0.717, 1.165) is 5.56 Å². The predicted octanol–water partition coefficient (Wildman–Crippen LogP) is 3.04. The van der Waals surface area contributed by atoms with Gasteiger partial charge in [0.1, 0.15) is 12.0 Å². The lowest BCUT2D eigenvalue weighted by molar-refractivity contribution is -0.112. The monoisotopic (exact) mass is 378 g/mol. The molecule has 0 atom stereocenters. The number of carbonyl (C=O) groups is 2. The number of anilines is 1. The molecular formula is C20H18N4O4. The molecule has 0 spiro atoms. The highest BCUT2D eigenvalue weighted by Gasteiger charge is 2.19. The van der Waals surface area contributed by atoms with Gasteiger partial charge in [-0.25, -0.2) is 14.8 Å². The summed E-state index contributed by atoms with van der Waals surface area (Å²) in [5, 5.41) is 3.44. The molecule has 0 bridgehead atoms. The van der Waals surface area contributed by atoms with Crippen LogP contribution in [0.4, 0.5) is 5.69 Å². The third kappa shape index (κ3) is 3.32. The molecule has 3 aromatic rings. The second kappa shape index (κ2) is 7.51. The SMILES string of the molecule is CCOC(=O)c1c[nH]c2ncnc(-c3cccc(NC(=O)C4=COCC4)c3)c12. The van der Waals surface area contributed by atoms with E-state index >= 15 is 0 Å². The molecule has 3 heterocycles. The summed E-state index contributed by atoms with van der Waals surface area (Å²) in [5.74, 6) is -0.640. The van der Waals surface area contributed by atoms with Crippen LogP contribution in [0, 0.1) is 0 Å². The molecule has 0 aliphatic carbocycles.